The maximum Gasteiger partial charge on any atom is 0.0836 e. The minimum atomic E-state index is 0.748. The molecule has 0 radical (unpaired) electrons. The third-order valence-electron chi connectivity index (χ3n) is 11.7. The van der Waals surface area contributed by atoms with E-state index in [1.54, 1.807) is 0 Å². The van der Waals surface area contributed by atoms with Crippen molar-refractivity contribution in [2.45, 2.75) is 0 Å². The van der Waals surface area contributed by atoms with Gasteiger partial charge < -0.3 is 0 Å². The van der Waals surface area contributed by atoms with E-state index in [-0.39, 0.29) is 0 Å². The Hall–Kier alpha value is -9.04. The Kier molecular flexibility index (Phi) is 9.95. The summed E-state index contributed by atoms with van der Waals surface area (Å²) in [7, 11) is 0. The Morgan fingerprint density at radius 2 is 0.406 bits per heavy atom. The monoisotopic (exact) mass is 804 g/mol. The van der Waals surface area contributed by atoms with Crippen molar-refractivity contribution in [3.8, 4) is 91.9 Å². The Bertz CT molecular complexity index is 3240. The van der Waals surface area contributed by atoms with E-state index in [1.807, 2.05) is 24.3 Å². The highest BCUT2D eigenvalue weighted by molar-refractivity contribution is 6.07. The van der Waals surface area contributed by atoms with Crippen molar-refractivity contribution in [2.75, 3.05) is 0 Å². The van der Waals surface area contributed by atoms with Gasteiger partial charge in [-0.1, -0.05) is 217 Å². The summed E-state index contributed by atoms with van der Waals surface area (Å²) in [6, 6.07) is 76.1. The molecule has 0 aromatic heterocycles. The van der Waals surface area contributed by atoms with Gasteiger partial charge in [-0.15, -0.1) is 0 Å². The number of rotatable bonds is 0. The highest BCUT2D eigenvalue weighted by Gasteiger charge is 2.12. The number of hydrogen-bond acceptors (Lipinski definition) is 0. The van der Waals surface area contributed by atoms with Crippen LogP contribution >= 0.6 is 0 Å². The van der Waals surface area contributed by atoms with Gasteiger partial charge in [0, 0.05) is 32.7 Å². The fraction of sp³-hybridized carbons (Fsp3) is 0. The molecule has 0 heterocycles. The van der Waals surface area contributed by atoms with Crippen LogP contribution in [0.25, 0.3) is 77.2 Å². The van der Waals surface area contributed by atoms with Crippen LogP contribution in [0.2, 0.25) is 0 Å². The zero-order chi connectivity index (χ0) is 42.7. The van der Waals surface area contributed by atoms with E-state index in [2.05, 4.69) is 241 Å². The fourth-order valence-electron chi connectivity index (χ4n) is 8.67. The van der Waals surface area contributed by atoms with E-state index in [0.29, 0.717) is 0 Å². The first-order valence-corrected chi connectivity index (χ1v) is 21.4. The third kappa shape index (κ3) is 7.62. The highest BCUT2D eigenvalue weighted by atomic mass is 14.1. The molecule has 64 heavy (non-hydrogen) atoms. The minimum absolute atomic E-state index is 0.748. The van der Waals surface area contributed by atoms with E-state index in [9.17, 15) is 0 Å². The maximum atomic E-state index is 3.62. The average molecular weight is 805 g/mol. The predicted octanol–water partition coefficient (Wildman–Crippen LogP) is 12.9. The van der Waals surface area contributed by atoms with Crippen molar-refractivity contribution in [1.29, 1.82) is 0 Å². The molecule has 0 aliphatic heterocycles. The zero-order valence-corrected chi connectivity index (χ0v) is 34.8. The molecule has 0 amide bonds. The van der Waals surface area contributed by atoms with Gasteiger partial charge in [0.05, 0.1) is 11.1 Å². The second kappa shape index (κ2) is 16.8. The molecule has 0 N–H and O–H groups in total. The van der Waals surface area contributed by atoms with E-state index in [4.69, 9.17) is 0 Å². The molecule has 3 aromatic rings. The van der Waals surface area contributed by atoms with Crippen molar-refractivity contribution in [3.63, 3.8) is 0 Å². The highest BCUT2D eigenvalue weighted by Crippen LogP contribution is 2.28. The summed E-state index contributed by atoms with van der Waals surface area (Å²) in [4.78, 5) is 0. The smallest absolute Gasteiger partial charge is 0.0622 e. The Labute approximate surface area is 373 Å². The van der Waals surface area contributed by atoms with Crippen molar-refractivity contribution in [1.82, 2.24) is 0 Å². The van der Waals surface area contributed by atoms with E-state index >= 15 is 0 Å². The average Bonchev–Trinajstić information content (AvgIpc) is 3.94. The number of fused-ring (bicyclic) bond motifs is 6. The van der Waals surface area contributed by atoms with Gasteiger partial charge in [0.1, 0.15) is 0 Å². The second-order valence-corrected chi connectivity index (χ2v) is 15.9. The summed E-state index contributed by atoms with van der Waals surface area (Å²) in [5, 5.41) is 6.12. The Morgan fingerprint density at radius 1 is 0.219 bits per heavy atom. The van der Waals surface area contributed by atoms with E-state index in [1.165, 1.54) is 0 Å². The second-order valence-electron chi connectivity index (χ2n) is 15.9. The molecule has 11 rings (SSSR count). The zero-order valence-electron chi connectivity index (χ0n) is 34.8. The van der Waals surface area contributed by atoms with Crippen molar-refractivity contribution >= 4 is 32.7 Å². The van der Waals surface area contributed by atoms with Crippen LogP contribution < -0.4 is 10.4 Å². The van der Waals surface area contributed by atoms with Gasteiger partial charge in [0.15, 0.2) is 0 Å². The lowest BCUT2D eigenvalue weighted by Crippen LogP contribution is -2.18. The van der Waals surface area contributed by atoms with Crippen LogP contribution in [0.3, 0.4) is 0 Å². The lowest BCUT2D eigenvalue weighted by molar-refractivity contribution is 1.66. The molecule has 292 valence electrons. The van der Waals surface area contributed by atoms with E-state index in [0.717, 1.165) is 110 Å². The summed E-state index contributed by atoms with van der Waals surface area (Å²) in [5.41, 5.74) is 14.5. The van der Waals surface area contributed by atoms with Crippen LogP contribution in [0.4, 0.5) is 0 Å². The minimum Gasteiger partial charge on any atom is -0.0622 e. The molecule has 0 atom stereocenters. The van der Waals surface area contributed by atoms with Gasteiger partial charge in [-0.3, -0.25) is 0 Å². The van der Waals surface area contributed by atoms with Gasteiger partial charge in [-0.05, 0) is 115 Å². The van der Waals surface area contributed by atoms with Crippen LogP contribution in [-0.2, 0) is 0 Å². The summed E-state index contributed by atoms with van der Waals surface area (Å²) in [5.74, 6) is 28.6. The summed E-state index contributed by atoms with van der Waals surface area (Å²) >= 11 is 0. The molecule has 0 saturated carbocycles. The van der Waals surface area contributed by atoms with Crippen molar-refractivity contribution < 1.29 is 0 Å². The first-order valence-electron chi connectivity index (χ1n) is 21.4. The molecule has 0 nitrogen and oxygen atoms in total. The van der Waals surface area contributed by atoms with Crippen LogP contribution in [0, 0.1) is 47.4 Å². The lowest BCUT2D eigenvalue weighted by atomic mass is 9.93. The van der Waals surface area contributed by atoms with Crippen molar-refractivity contribution in [2.24, 2.45) is 0 Å². The SMILES string of the molecule is C(#Cc1cc2cccccc-2c1)C(C#Cc1cc2cccccc-2c1)=c1c2ccccc2c(=C(C#Cc2cc3cccccc-3c2)C#Cc2cc3cccccc-3c2)c2ccccc12. The van der Waals surface area contributed by atoms with Gasteiger partial charge in [0.2, 0.25) is 0 Å². The Balaban J connectivity index is 1.22. The lowest BCUT2D eigenvalue weighted by Gasteiger charge is -2.09. The molecule has 0 saturated heterocycles. The molecule has 0 unspecified atom stereocenters. The fourth-order valence-corrected chi connectivity index (χ4v) is 8.67. The van der Waals surface area contributed by atoms with Gasteiger partial charge in [0.25, 0.3) is 0 Å². The first-order chi connectivity index (χ1) is 31.7. The molecule has 0 fully saturated rings. The molecular weight excluding hydrogens is 769 g/mol. The molecule has 0 heteroatoms. The normalized spacial score (nSPS) is 10.6. The molecule has 8 aliphatic carbocycles. The molecule has 0 spiro atoms. The standard InChI is InChI=1S/C64H36/c1-5-17-51-37-45(38-52(51)18-6-1)29-33-49(34-30-46-39-53-19-7-2-8-20-54(53)40-46)63-59-25-13-15-27-61(59)64(62-28-16-14-26-60(62)63)50(35-31-47-41-55-21-9-3-10-22-56(55)42-47)36-32-48-43-57-23-11-4-12-24-58(57)44-48/h1-28,37-44H. The quantitative estimate of drug-likeness (QED) is 0.106. The van der Waals surface area contributed by atoms with Gasteiger partial charge in [-0.2, -0.15) is 0 Å². The van der Waals surface area contributed by atoms with Crippen LogP contribution in [0.1, 0.15) is 22.3 Å². The number of benzene rings is 3. The molecule has 3 aromatic carbocycles. The van der Waals surface area contributed by atoms with Crippen molar-refractivity contribution in [3.05, 3.63) is 251 Å². The molecular formula is C64H36. The Morgan fingerprint density at radius 3 is 0.609 bits per heavy atom. The topological polar surface area (TPSA) is 0 Å². The molecule has 8 aliphatic rings. The van der Waals surface area contributed by atoms with Gasteiger partial charge >= 0.3 is 0 Å². The van der Waals surface area contributed by atoms with Crippen LogP contribution in [0.5, 0.6) is 0 Å². The van der Waals surface area contributed by atoms with Crippen LogP contribution in [-0.4, -0.2) is 0 Å². The van der Waals surface area contributed by atoms with Crippen LogP contribution in [0.15, 0.2) is 218 Å². The summed E-state index contributed by atoms with van der Waals surface area (Å²) in [6.07, 6.45) is 0. The van der Waals surface area contributed by atoms with Gasteiger partial charge in [-0.25, -0.2) is 0 Å². The predicted molar refractivity (Wildman–Crippen MR) is 267 cm³/mol. The number of hydrogen-bond donors (Lipinski definition) is 0. The maximum absolute atomic E-state index is 3.62. The first kappa shape index (κ1) is 37.9. The summed E-state index contributed by atoms with van der Waals surface area (Å²) in [6.45, 7) is 0. The van der Waals surface area contributed by atoms with E-state index < -0.39 is 0 Å². The summed E-state index contributed by atoms with van der Waals surface area (Å²) < 4.78 is 0. The molecule has 0 bridgehead atoms. The largest absolute Gasteiger partial charge is 0.0836 e. The third-order valence-corrected chi connectivity index (χ3v) is 11.7.